The first kappa shape index (κ1) is 24.2. The molecule has 6 nitrogen and oxygen atoms in total. The number of likely N-dealkylation sites (tertiary alicyclic amines) is 1. The molecule has 2 aliphatic heterocycles. The van der Waals surface area contributed by atoms with Gasteiger partial charge in [-0.15, -0.1) is 24.8 Å². The van der Waals surface area contributed by atoms with E-state index < -0.39 is 0 Å². The predicted octanol–water partition coefficient (Wildman–Crippen LogP) is 2.79. The summed E-state index contributed by atoms with van der Waals surface area (Å²) in [5.74, 6) is -0.157. The van der Waals surface area contributed by atoms with E-state index in [1.165, 1.54) is 38.0 Å². The molecule has 1 unspecified atom stereocenters. The summed E-state index contributed by atoms with van der Waals surface area (Å²) in [7, 11) is 2.07. The van der Waals surface area contributed by atoms with E-state index in [4.69, 9.17) is 9.47 Å². The maximum atomic E-state index is 12.7. The fraction of sp³-hybridized carbons (Fsp3) is 0.737. The number of esters is 1. The van der Waals surface area contributed by atoms with Gasteiger partial charge in [-0.3, -0.25) is 9.80 Å². The lowest BCUT2D eigenvalue weighted by Gasteiger charge is -2.33. The topological polar surface area (TPSA) is 46.9 Å². The molecule has 27 heavy (non-hydrogen) atoms. The molecule has 2 fully saturated rings. The van der Waals surface area contributed by atoms with E-state index in [2.05, 4.69) is 33.5 Å². The molecule has 3 rings (SSSR count). The van der Waals surface area contributed by atoms with Gasteiger partial charge < -0.3 is 14.0 Å². The van der Waals surface area contributed by atoms with Crippen LogP contribution in [0.25, 0.3) is 0 Å². The summed E-state index contributed by atoms with van der Waals surface area (Å²) in [6, 6.07) is 3.91. The second kappa shape index (κ2) is 11.9. The van der Waals surface area contributed by atoms with Crippen molar-refractivity contribution in [3.63, 3.8) is 0 Å². The lowest BCUT2D eigenvalue weighted by Crippen LogP contribution is -2.43. The molecular formula is C19H33Cl2N3O3. The van der Waals surface area contributed by atoms with Crippen molar-refractivity contribution in [1.29, 1.82) is 0 Å². The number of halogens is 2. The van der Waals surface area contributed by atoms with Crippen LogP contribution in [0.2, 0.25) is 0 Å². The molecule has 0 N–H and O–H groups in total. The molecule has 0 amide bonds. The lowest BCUT2D eigenvalue weighted by atomic mass is 10.1. The van der Waals surface area contributed by atoms with Gasteiger partial charge in [0.15, 0.2) is 0 Å². The van der Waals surface area contributed by atoms with E-state index in [9.17, 15) is 4.79 Å². The third-order valence-corrected chi connectivity index (χ3v) is 5.30. The van der Waals surface area contributed by atoms with Crippen molar-refractivity contribution in [3.05, 3.63) is 23.5 Å². The summed E-state index contributed by atoms with van der Waals surface area (Å²) in [4.78, 5) is 17.4. The highest BCUT2D eigenvalue weighted by molar-refractivity contribution is 5.85. The zero-order valence-electron chi connectivity index (χ0n) is 16.4. The van der Waals surface area contributed by atoms with Crippen molar-refractivity contribution in [1.82, 2.24) is 14.4 Å². The number of carbonyl (C=O) groups excluding carboxylic acids is 1. The Labute approximate surface area is 175 Å². The third kappa shape index (κ3) is 6.09. The van der Waals surface area contributed by atoms with Crippen LogP contribution in [0.5, 0.6) is 0 Å². The molecular weight excluding hydrogens is 389 g/mol. The Morgan fingerprint density at radius 3 is 2.41 bits per heavy atom. The van der Waals surface area contributed by atoms with E-state index in [0.29, 0.717) is 19.8 Å². The average molecular weight is 422 g/mol. The predicted molar refractivity (Wildman–Crippen MR) is 111 cm³/mol. The molecule has 0 bridgehead atoms. The van der Waals surface area contributed by atoms with E-state index in [0.717, 1.165) is 25.3 Å². The molecule has 2 saturated heterocycles. The van der Waals surface area contributed by atoms with E-state index in [1.54, 1.807) is 0 Å². The molecule has 156 valence electrons. The standard InChI is InChI=1S/C19H31N3O3.2ClH/c1-3-25-19(23)18(22-11-13-24-14-12-22)17-8-7-16(20(17)2)15-21-9-5-4-6-10-21;;/h7-8,18H,3-6,9-15H2,1-2H3;2*1H. The van der Waals surface area contributed by atoms with Crippen LogP contribution in [0, 0.1) is 0 Å². The van der Waals surface area contributed by atoms with Gasteiger partial charge in [-0.2, -0.15) is 0 Å². The smallest absolute Gasteiger partial charge is 0.329 e. The number of rotatable bonds is 6. The van der Waals surface area contributed by atoms with Crippen LogP contribution in [-0.2, 0) is 27.9 Å². The fourth-order valence-corrected chi connectivity index (χ4v) is 3.86. The highest BCUT2D eigenvalue weighted by Gasteiger charge is 2.32. The lowest BCUT2D eigenvalue weighted by molar-refractivity contribution is -0.152. The second-order valence-corrected chi connectivity index (χ2v) is 6.95. The highest BCUT2D eigenvalue weighted by Crippen LogP contribution is 2.26. The van der Waals surface area contributed by atoms with Crippen LogP contribution in [0.4, 0.5) is 0 Å². The van der Waals surface area contributed by atoms with Gasteiger partial charge in [-0.1, -0.05) is 6.42 Å². The van der Waals surface area contributed by atoms with Gasteiger partial charge in [0.1, 0.15) is 6.04 Å². The zero-order valence-corrected chi connectivity index (χ0v) is 18.0. The van der Waals surface area contributed by atoms with Crippen LogP contribution in [0.15, 0.2) is 12.1 Å². The van der Waals surface area contributed by atoms with Gasteiger partial charge >= 0.3 is 5.97 Å². The molecule has 3 heterocycles. The summed E-state index contributed by atoms with van der Waals surface area (Å²) >= 11 is 0. The second-order valence-electron chi connectivity index (χ2n) is 6.95. The molecule has 0 aromatic carbocycles. The minimum atomic E-state index is -0.344. The first-order valence-corrected chi connectivity index (χ1v) is 9.56. The molecule has 1 aromatic heterocycles. The van der Waals surface area contributed by atoms with Gasteiger partial charge in [-0.05, 0) is 45.0 Å². The number of carbonyl (C=O) groups is 1. The van der Waals surface area contributed by atoms with Crippen LogP contribution in [0.3, 0.4) is 0 Å². The number of ether oxygens (including phenoxy) is 2. The van der Waals surface area contributed by atoms with Gasteiger partial charge in [0, 0.05) is 38.1 Å². The van der Waals surface area contributed by atoms with E-state index >= 15 is 0 Å². The first-order chi connectivity index (χ1) is 12.2. The third-order valence-electron chi connectivity index (χ3n) is 5.30. The van der Waals surface area contributed by atoms with Crippen molar-refractivity contribution in [3.8, 4) is 0 Å². The number of morpholine rings is 1. The van der Waals surface area contributed by atoms with Crippen LogP contribution < -0.4 is 0 Å². The Kier molecular flexibility index (Phi) is 10.7. The summed E-state index contributed by atoms with van der Waals surface area (Å²) in [6.45, 7) is 8.42. The molecule has 0 saturated carbocycles. The van der Waals surface area contributed by atoms with Crippen molar-refractivity contribution in [2.75, 3.05) is 46.0 Å². The van der Waals surface area contributed by atoms with Crippen molar-refractivity contribution < 1.29 is 14.3 Å². The SMILES string of the molecule is CCOC(=O)C(c1ccc(CN2CCCCC2)n1C)N1CCOCC1.Cl.Cl. The molecule has 1 atom stereocenters. The van der Waals surface area contributed by atoms with Crippen LogP contribution in [-0.4, -0.2) is 66.3 Å². The monoisotopic (exact) mass is 421 g/mol. The Hall–Kier alpha value is -0.790. The summed E-state index contributed by atoms with van der Waals surface area (Å²) in [5.41, 5.74) is 2.28. The van der Waals surface area contributed by atoms with Crippen LogP contribution >= 0.6 is 24.8 Å². The first-order valence-electron chi connectivity index (χ1n) is 9.56. The Balaban J connectivity index is 0.00000182. The van der Waals surface area contributed by atoms with Crippen molar-refractivity contribution in [2.45, 2.75) is 38.8 Å². The Morgan fingerprint density at radius 2 is 1.78 bits per heavy atom. The number of hydrogen-bond donors (Lipinski definition) is 0. The quantitative estimate of drug-likeness (QED) is 0.660. The van der Waals surface area contributed by atoms with E-state index in [1.807, 2.05) is 6.92 Å². The summed E-state index contributed by atoms with van der Waals surface area (Å²) in [6.07, 6.45) is 3.92. The molecule has 0 radical (unpaired) electrons. The van der Waals surface area contributed by atoms with Crippen molar-refractivity contribution >= 4 is 30.8 Å². The maximum Gasteiger partial charge on any atom is 0.329 e. The Bertz CT molecular complexity index is 571. The van der Waals surface area contributed by atoms with Crippen LogP contribution in [0.1, 0.15) is 43.6 Å². The van der Waals surface area contributed by atoms with Gasteiger partial charge in [0.25, 0.3) is 0 Å². The minimum Gasteiger partial charge on any atom is -0.465 e. The van der Waals surface area contributed by atoms with Gasteiger partial charge in [0.05, 0.1) is 19.8 Å². The normalized spacial score (nSPS) is 19.6. The maximum absolute atomic E-state index is 12.7. The number of aromatic nitrogens is 1. The van der Waals surface area contributed by atoms with E-state index in [-0.39, 0.29) is 36.8 Å². The molecule has 8 heteroatoms. The van der Waals surface area contributed by atoms with Gasteiger partial charge in [0.2, 0.25) is 0 Å². The summed E-state index contributed by atoms with van der Waals surface area (Å²) in [5, 5.41) is 0. The number of hydrogen-bond acceptors (Lipinski definition) is 5. The minimum absolute atomic E-state index is 0. The number of nitrogens with zero attached hydrogens (tertiary/aromatic N) is 3. The van der Waals surface area contributed by atoms with Gasteiger partial charge in [-0.25, -0.2) is 4.79 Å². The fourth-order valence-electron chi connectivity index (χ4n) is 3.86. The molecule has 2 aliphatic rings. The molecule has 0 spiro atoms. The molecule has 0 aliphatic carbocycles. The Morgan fingerprint density at radius 1 is 1.11 bits per heavy atom. The average Bonchev–Trinajstić information content (AvgIpc) is 2.98. The van der Waals surface area contributed by atoms with Crippen molar-refractivity contribution in [2.24, 2.45) is 7.05 Å². The largest absolute Gasteiger partial charge is 0.465 e. The number of piperidine rings is 1. The zero-order chi connectivity index (χ0) is 17.6. The molecule has 1 aromatic rings. The highest BCUT2D eigenvalue weighted by atomic mass is 35.5. The summed E-state index contributed by atoms with van der Waals surface area (Å²) < 4.78 is 13.0.